The van der Waals surface area contributed by atoms with Crippen molar-refractivity contribution in [2.75, 3.05) is 45.9 Å². The average Bonchev–Trinajstić information content (AvgIpc) is 3.92. The zero-order valence-corrected chi connectivity index (χ0v) is 35.7. The number of benzene rings is 4. The molecule has 2 aromatic heterocycles. The Hall–Kier alpha value is -6.39. The standard InChI is InChI=1S/C25H29N3O5.C21H21ClN2O5/c1-3-17-13-19(21(30)14-20(17)29)24-22(23(27-33-24)25(31)26-4-2)18-7-5-16(6-8-18)15-28-9-11-32-12-10-28;1-3-24(4-2)11-12-5-7-13(8-6-12)18-19(21(27)28)23-29-20(18)14-9-15(22)17(26)10-16(14)25/h5-8,13-14,29-30H,3-4,9-12,15H2,1-2H3,(H,26,31);5-10,25-26H,3-4,11H2,1-2H3,(H,27,28). The molecule has 15 nitrogen and oxygen atoms in total. The number of aromatic nitrogens is 2. The number of rotatable bonds is 14. The normalized spacial score (nSPS) is 12.9. The van der Waals surface area contributed by atoms with Gasteiger partial charge in [-0.05, 0) is 66.4 Å². The van der Waals surface area contributed by atoms with Gasteiger partial charge < -0.3 is 44.6 Å². The third-order valence-corrected chi connectivity index (χ3v) is 10.9. The van der Waals surface area contributed by atoms with E-state index in [-0.39, 0.29) is 68.0 Å². The predicted octanol–water partition coefficient (Wildman–Crippen LogP) is 8.18. The molecule has 7 rings (SSSR count). The minimum absolute atomic E-state index is 0.00778. The van der Waals surface area contributed by atoms with Gasteiger partial charge in [-0.3, -0.25) is 14.6 Å². The zero-order chi connectivity index (χ0) is 44.5. The molecule has 0 aliphatic carbocycles. The number of carboxylic acids is 1. The molecule has 0 bridgehead atoms. The van der Waals surface area contributed by atoms with Gasteiger partial charge in [-0.2, -0.15) is 0 Å². The molecule has 0 radical (unpaired) electrons. The number of hydrogen-bond donors (Lipinski definition) is 6. The predicted molar refractivity (Wildman–Crippen MR) is 233 cm³/mol. The van der Waals surface area contributed by atoms with Crippen LogP contribution in [0.2, 0.25) is 5.02 Å². The summed E-state index contributed by atoms with van der Waals surface area (Å²) in [5.74, 6) is -2.01. The van der Waals surface area contributed by atoms with E-state index in [0.717, 1.165) is 75.2 Å². The van der Waals surface area contributed by atoms with Gasteiger partial charge in [0.25, 0.3) is 5.91 Å². The van der Waals surface area contributed by atoms with Crippen LogP contribution < -0.4 is 5.32 Å². The highest BCUT2D eigenvalue weighted by Crippen LogP contribution is 2.44. The molecule has 6 aromatic rings. The molecule has 1 amide bonds. The Kier molecular flexibility index (Phi) is 14.9. The lowest BCUT2D eigenvalue weighted by molar-refractivity contribution is 0.0342. The van der Waals surface area contributed by atoms with Gasteiger partial charge in [-0.1, -0.05) is 91.2 Å². The summed E-state index contributed by atoms with van der Waals surface area (Å²) in [5.41, 5.74) is 5.33. The first kappa shape index (κ1) is 45.1. The van der Waals surface area contributed by atoms with E-state index in [9.17, 15) is 35.1 Å². The fraction of sp³-hybridized carbons (Fsp3) is 0.304. The monoisotopic (exact) mass is 867 g/mol. The van der Waals surface area contributed by atoms with Crippen LogP contribution in [0.4, 0.5) is 0 Å². The molecule has 3 heterocycles. The SMILES string of the molecule is CCN(CC)Cc1ccc(-c2c(C(=O)O)noc2-c2cc(Cl)c(O)cc2O)cc1.CCNC(=O)c1noc(-c2cc(CC)c(O)cc2O)c1-c1ccc(CN2CCOCC2)cc1. The van der Waals surface area contributed by atoms with Gasteiger partial charge in [0.05, 0.1) is 40.5 Å². The fourth-order valence-electron chi connectivity index (χ4n) is 7.13. The summed E-state index contributed by atoms with van der Waals surface area (Å²) in [7, 11) is 0. The molecule has 0 unspecified atom stereocenters. The summed E-state index contributed by atoms with van der Waals surface area (Å²) < 4.78 is 16.3. The smallest absolute Gasteiger partial charge is 0.358 e. The number of aromatic hydroxyl groups is 4. The van der Waals surface area contributed by atoms with E-state index in [2.05, 4.69) is 39.3 Å². The van der Waals surface area contributed by atoms with Gasteiger partial charge in [0, 0.05) is 44.9 Å². The zero-order valence-electron chi connectivity index (χ0n) is 34.9. The molecule has 0 atom stereocenters. The number of aryl methyl sites for hydroxylation is 1. The van der Waals surface area contributed by atoms with Gasteiger partial charge in [-0.25, -0.2) is 4.79 Å². The largest absolute Gasteiger partial charge is 0.508 e. The summed E-state index contributed by atoms with van der Waals surface area (Å²) in [6.07, 6.45) is 0.571. The van der Waals surface area contributed by atoms with Crippen molar-refractivity contribution in [1.29, 1.82) is 0 Å². The molecule has 1 aliphatic heterocycles. The highest BCUT2D eigenvalue weighted by molar-refractivity contribution is 6.32. The van der Waals surface area contributed by atoms with Gasteiger partial charge in [0.2, 0.25) is 0 Å². The second-order valence-electron chi connectivity index (χ2n) is 14.6. The van der Waals surface area contributed by atoms with Crippen molar-refractivity contribution in [3.63, 3.8) is 0 Å². The molecule has 1 fully saturated rings. The second kappa shape index (κ2) is 20.4. The number of hydrogen-bond acceptors (Lipinski definition) is 13. The number of halogens is 1. The van der Waals surface area contributed by atoms with E-state index in [1.54, 1.807) is 18.2 Å². The number of aromatic carboxylic acids is 1. The second-order valence-corrected chi connectivity index (χ2v) is 15.0. The first-order valence-electron chi connectivity index (χ1n) is 20.4. The molecule has 4 aromatic carbocycles. The number of morpholine rings is 1. The van der Waals surface area contributed by atoms with Gasteiger partial charge in [-0.15, -0.1) is 0 Å². The van der Waals surface area contributed by atoms with E-state index in [1.807, 2.05) is 50.2 Å². The Morgan fingerprint density at radius 2 is 1.26 bits per heavy atom. The molecule has 16 heteroatoms. The van der Waals surface area contributed by atoms with E-state index >= 15 is 0 Å². The van der Waals surface area contributed by atoms with Crippen LogP contribution in [0.5, 0.6) is 23.0 Å². The lowest BCUT2D eigenvalue weighted by Gasteiger charge is -2.26. The average molecular weight is 868 g/mol. The van der Waals surface area contributed by atoms with Crippen LogP contribution >= 0.6 is 11.6 Å². The summed E-state index contributed by atoms with van der Waals surface area (Å²) in [5, 5.41) is 60.5. The van der Waals surface area contributed by atoms with Crippen molar-refractivity contribution in [1.82, 2.24) is 25.4 Å². The van der Waals surface area contributed by atoms with Crippen LogP contribution in [0.1, 0.15) is 65.4 Å². The van der Waals surface area contributed by atoms with Crippen molar-refractivity contribution in [3.8, 4) is 67.9 Å². The Balaban J connectivity index is 0.000000209. The van der Waals surface area contributed by atoms with Crippen LogP contribution in [0.25, 0.3) is 44.9 Å². The van der Waals surface area contributed by atoms with E-state index < -0.39 is 5.97 Å². The van der Waals surface area contributed by atoms with E-state index in [4.69, 9.17) is 25.4 Å². The minimum atomic E-state index is -1.26. The fourth-order valence-corrected chi connectivity index (χ4v) is 7.29. The van der Waals surface area contributed by atoms with E-state index in [1.165, 1.54) is 12.1 Å². The lowest BCUT2D eigenvalue weighted by atomic mass is 9.96. The van der Waals surface area contributed by atoms with E-state index in [0.29, 0.717) is 35.2 Å². The first-order valence-corrected chi connectivity index (χ1v) is 20.7. The van der Waals surface area contributed by atoms with Crippen molar-refractivity contribution < 1.29 is 48.9 Å². The summed E-state index contributed by atoms with van der Waals surface area (Å²) in [6, 6.07) is 20.7. The molecule has 1 aliphatic rings. The van der Waals surface area contributed by atoms with Crippen LogP contribution in [0.15, 0.2) is 81.8 Å². The third-order valence-electron chi connectivity index (χ3n) is 10.6. The number of nitrogens with zero attached hydrogens (tertiary/aromatic N) is 4. The molecule has 0 saturated carbocycles. The van der Waals surface area contributed by atoms with Gasteiger partial charge >= 0.3 is 5.97 Å². The Labute approximate surface area is 363 Å². The highest BCUT2D eigenvalue weighted by atomic mass is 35.5. The number of phenols is 4. The quantitative estimate of drug-likeness (QED) is 0.0609. The summed E-state index contributed by atoms with van der Waals surface area (Å²) in [6.45, 7) is 15.1. The first-order chi connectivity index (χ1) is 29.9. The van der Waals surface area contributed by atoms with Crippen LogP contribution in [-0.2, 0) is 24.2 Å². The maximum Gasteiger partial charge on any atom is 0.358 e. The van der Waals surface area contributed by atoms with Gasteiger partial charge in [0.15, 0.2) is 22.9 Å². The van der Waals surface area contributed by atoms with Crippen LogP contribution in [-0.4, -0.2) is 103 Å². The van der Waals surface area contributed by atoms with Crippen LogP contribution in [0, 0.1) is 0 Å². The topological polar surface area (TPSA) is 215 Å². The number of ether oxygens (including phenoxy) is 1. The number of carbonyl (C=O) groups is 2. The van der Waals surface area contributed by atoms with Crippen molar-refractivity contribution in [3.05, 3.63) is 106 Å². The minimum Gasteiger partial charge on any atom is -0.508 e. The number of carboxylic acid groups (broad SMARTS) is 1. The summed E-state index contributed by atoms with van der Waals surface area (Å²) in [4.78, 5) is 29.0. The molecule has 326 valence electrons. The van der Waals surface area contributed by atoms with Gasteiger partial charge in [0.1, 0.15) is 23.0 Å². The Morgan fingerprint density at radius 1 is 0.726 bits per heavy atom. The number of nitrogens with one attached hydrogen (secondary N) is 1. The third kappa shape index (κ3) is 10.2. The number of carbonyl (C=O) groups excluding carboxylic acids is 1. The number of amides is 1. The maximum atomic E-state index is 12.7. The molecule has 62 heavy (non-hydrogen) atoms. The van der Waals surface area contributed by atoms with Crippen LogP contribution in [0.3, 0.4) is 0 Å². The van der Waals surface area contributed by atoms with Crippen molar-refractivity contribution >= 4 is 23.5 Å². The molecular formula is C46H50ClN5O10. The Morgan fingerprint density at radius 3 is 1.81 bits per heavy atom. The highest BCUT2D eigenvalue weighted by Gasteiger charge is 2.28. The summed E-state index contributed by atoms with van der Waals surface area (Å²) >= 11 is 5.96. The molecule has 0 spiro atoms. The van der Waals surface area contributed by atoms with Crippen molar-refractivity contribution in [2.45, 2.75) is 47.2 Å². The Bertz CT molecular complexity index is 2490. The molecule has 6 N–H and O–H groups in total. The number of phenolic OH excluding ortho intramolecular Hbond substituents is 4. The van der Waals surface area contributed by atoms with Crippen molar-refractivity contribution in [2.24, 2.45) is 0 Å². The maximum absolute atomic E-state index is 12.7. The molecule has 1 saturated heterocycles. The lowest BCUT2D eigenvalue weighted by Crippen LogP contribution is -2.35. The molecular weight excluding hydrogens is 818 g/mol.